The molecule has 0 radical (unpaired) electrons. The van der Waals surface area contributed by atoms with Gasteiger partial charge in [0, 0.05) is 17.8 Å². The molecule has 2 atom stereocenters. The van der Waals surface area contributed by atoms with Crippen LogP contribution in [0.2, 0.25) is 0 Å². The van der Waals surface area contributed by atoms with Crippen molar-refractivity contribution in [2.75, 3.05) is 17.7 Å². The Labute approximate surface area is 178 Å². The smallest absolute Gasteiger partial charge is 0.269 e. The van der Waals surface area contributed by atoms with Gasteiger partial charge in [0.15, 0.2) is 0 Å². The SMILES string of the molecule is Cc1ccc(Nc2nc(N)nc(CN[C@H](CO)[C@@H](O)c3ccc([N+](=O)[O-])cc3)n2)cc1. The van der Waals surface area contributed by atoms with Crippen LogP contribution in [0.15, 0.2) is 48.5 Å². The van der Waals surface area contributed by atoms with E-state index in [1.165, 1.54) is 24.3 Å². The Balaban J connectivity index is 1.67. The number of non-ortho nitro benzene ring substituents is 1. The van der Waals surface area contributed by atoms with E-state index in [9.17, 15) is 20.3 Å². The van der Waals surface area contributed by atoms with Gasteiger partial charge in [0.25, 0.3) is 5.69 Å². The molecule has 0 unspecified atom stereocenters. The van der Waals surface area contributed by atoms with Gasteiger partial charge >= 0.3 is 0 Å². The van der Waals surface area contributed by atoms with E-state index in [0.717, 1.165) is 11.3 Å². The number of nitro benzene ring substituents is 1. The highest BCUT2D eigenvalue weighted by molar-refractivity contribution is 5.54. The lowest BCUT2D eigenvalue weighted by atomic mass is 10.0. The van der Waals surface area contributed by atoms with Gasteiger partial charge < -0.3 is 26.6 Å². The third kappa shape index (κ3) is 5.92. The second kappa shape index (κ2) is 9.89. The molecule has 0 aliphatic rings. The molecular weight excluding hydrogens is 402 g/mol. The van der Waals surface area contributed by atoms with E-state index in [0.29, 0.717) is 11.4 Å². The largest absolute Gasteiger partial charge is 0.395 e. The maximum Gasteiger partial charge on any atom is 0.269 e. The summed E-state index contributed by atoms with van der Waals surface area (Å²) < 4.78 is 0. The van der Waals surface area contributed by atoms with E-state index in [1.54, 1.807) is 0 Å². The number of hydrogen-bond donors (Lipinski definition) is 5. The molecule has 0 saturated heterocycles. The number of aryl methyl sites for hydroxylation is 1. The predicted molar refractivity (Wildman–Crippen MR) is 114 cm³/mol. The van der Waals surface area contributed by atoms with Gasteiger partial charge in [0.05, 0.1) is 30.2 Å². The van der Waals surface area contributed by atoms with Gasteiger partial charge in [0.1, 0.15) is 5.82 Å². The summed E-state index contributed by atoms with van der Waals surface area (Å²) in [5.41, 5.74) is 8.03. The molecule has 3 rings (SSSR count). The maximum absolute atomic E-state index is 10.8. The molecule has 0 spiro atoms. The molecule has 162 valence electrons. The van der Waals surface area contributed by atoms with Gasteiger partial charge in [0.2, 0.25) is 11.9 Å². The van der Waals surface area contributed by atoms with Gasteiger partial charge in [-0.25, -0.2) is 0 Å². The Morgan fingerprint density at radius 2 is 1.77 bits per heavy atom. The van der Waals surface area contributed by atoms with Crippen LogP contribution in [0, 0.1) is 17.0 Å². The van der Waals surface area contributed by atoms with Crippen LogP contribution in [0.5, 0.6) is 0 Å². The van der Waals surface area contributed by atoms with Crippen molar-refractivity contribution >= 4 is 23.3 Å². The summed E-state index contributed by atoms with van der Waals surface area (Å²) in [7, 11) is 0. The molecule has 0 aliphatic heterocycles. The van der Waals surface area contributed by atoms with Crippen LogP contribution >= 0.6 is 0 Å². The van der Waals surface area contributed by atoms with Gasteiger partial charge in [-0.05, 0) is 36.8 Å². The van der Waals surface area contributed by atoms with Crippen LogP contribution < -0.4 is 16.4 Å². The molecule has 0 saturated carbocycles. The Morgan fingerprint density at radius 1 is 1.10 bits per heavy atom. The topological polar surface area (TPSA) is 172 Å². The Morgan fingerprint density at radius 3 is 2.39 bits per heavy atom. The number of hydrogen-bond acceptors (Lipinski definition) is 10. The van der Waals surface area contributed by atoms with E-state index in [-0.39, 0.29) is 30.7 Å². The zero-order valence-corrected chi connectivity index (χ0v) is 16.8. The van der Waals surface area contributed by atoms with Gasteiger partial charge in [-0.3, -0.25) is 10.1 Å². The lowest BCUT2D eigenvalue weighted by molar-refractivity contribution is -0.384. The molecule has 1 heterocycles. The predicted octanol–water partition coefficient (Wildman–Crippen LogP) is 1.60. The van der Waals surface area contributed by atoms with Crippen LogP contribution in [-0.2, 0) is 6.54 Å². The van der Waals surface area contributed by atoms with E-state index in [2.05, 4.69) is 25.6 Å². The minimum atomic E-state index is -1.10. The number of nitrogen functional groups attached to an aromatic ring is 1. The number of aliphatic hydroxyl groups is 2. The third-order valence-corrected chi connectivity index (χ3v) is 4.55. The first kappa shape index (κ1) is 22.0. The standard InChI is InChI=1S/C20H23N7O4/c1-12-2-6-14(7-3-12)23-20-25-17(24-19(21)26-20)10-22-16(11-28)18(29)13-4-8-15(9-5-13)27(30)31/h2-9,16,18,22,28-29H,10-11H2,1H3,(H3,21,23,24,25,26)/t16-,18+/m1/s1. The number of benzene rings is 2. The van der Waals surface area contributed by atoms with Crippen molar-refractivity contribution in [3.63, 3.8) is 0 Å². The van der Waals surface area contributed by atoms with Gasteiger partial charge in [-0.1, -0.05) is 17.7 Å². The summed E-state index contributed by atoms with van der Waals surface area (Å²) in [4.78, 5) is 22.7. The van der Waals surface area contributed by atoms with Crippen LogP contribution in [0.3, 0.4) is 0 Å². The number of nitrogens with two attached hydrogens (primary N) is 1. The van der Waals surface area contributed by atoms with Crippen molar-refractivity contribution in [3.05, 3.63) is 75.6 Å². The number of nitro groups is 1. The van der Waals surface area contributed by atoms with Crippen LogP contribution in [0.1, 0.15) is 23.1 Å². The fraction of sp³-hybridized carbons (Fsp3) is 0.250. The second-order valence-electron chi connectivity index (χ2n) is 6.89. The zero-order chi connectivity index (χ0) is 22.4. The Hall–Kier alpha value is -3.67. The minimum absolute atomic E-state index is 0.0258. The number of nitrogens with one attached hydrogen (secondary N) is 2. The number of rotatable bonds is 9. The molecule has 0 bridgehead atoms. The number of anilines is 3. The lowest BCUT2D eigenvalue weighted by Crippen LogP contribution is -2.38. The van der Waals surface area contributed by atoms with Crippen molar-refractivity contribution in [2.24, 2.45) is 0 Å². The fourth-order valence-electron chi connectivity index (χ4n) is 2.86. The van der Waals surface area contributed by atoms with Gasteiger partial charge in [-0.15, -0.1) is 0 Å². The van der Waals surface area contributed by atoms with Gasteiger partial charge in [-0.2, -0.15) is 15.0 Å². The summed E-state index contributed by atoms with van der Waals surface area (Å²) in [5, 5.41) is 37.0. The average molecular weight is 425 g/mol. The van der Waals surface area contributed by atoms with Crippen molar-refractivity contribution in [1.82, 2.24) is 20.3 Å². The summed E-state index contributed by atoms with van der Waals surface area (Å²) in [6.45, 7) is 1.70. The van der Waals surface area contributed by atoms with Crippen molar-refractivity contribution in [2.45, 2.75) is 25.6 Å². The molecule has 0 aliphatic carbocycles. The molecule has 1 aromatic heterocycles. The van der Waals surface area contributed by atoms with Crippen molar-refractivity contribution in [1.29, 1.82) is 0 Å². The summed E-state index contributed by atoms with van der Waals surface area (Å²) in [5.74, 6) is 0.610. The van der Waals surface area contributed by atoms with Crippen LogP contribution in [-0.4, -0.2) is 42.7 Å². The zero-order valence-electron chi connectivity index (χ0n) is 16.8. The molecule has 0 amide bonds. The highest BCUT2D eigenvalue weighted by atomic mass is 16.6. The first-order chi connectivity index (χ1) is 14.9. The highest BCUT2D eigenvalue weighted by Gasteiger charge is 2.21. The molecule has 0 fully saturated rings. The molecule has 11 nitrogen and oxygen atoms in total. The summed E-state index contributed by atoms with van der Waals surface area (Å²) >= 11 is 0. The minimum Gasteiger partial charge on any atom is -0.395 e. The maximum atomic E-state index is 10.8. The lowest BCUT2D eigenvalue weighted by Gasteiger charge is -2.22. The molecule has 3 aromatic rings. The first-order valence-electron chi connectivity index (χ1n) is 9.46. The third-order valence-electron chi connectivity index (χ3n) is 4.55. The summed E-state index contributed by atoms with van der Waals surface area (Å²) in [6, 6.07) is 12.4. The quantitative estimate of drug-likeness (QED) is 0.250. The monoisotopic (exact) mass is 425 g/mol. The van der Waals surface area contributed by atoms with Crippen LogP contribution in [0.4, 0.5) is 23.3 Å². The molecule has 2 aromatic carbocycles. The average Bonchev–Trinajstić information content (AvgIpc) is 2.75. The second-order valence-corrected chi connectivity index (χ2v) is 6.89. The Bertz CT molecular complexity index is 1030. The Kier molecular flexibility index (Phi) is 7.03. The van der Waals surface area contributed by atoms with Crippen molar-refractivity contribution in [3.8, 4) is 0 Å². The van der Waals surface area contributed by atoms with E-state index < -0.39 is 17.1 Å². The normalized spacial score (nSPS) is 12.9. The fourth-order valence-corrected chi connectivity index (χ4v) is 2.86. The number of nitrogens with zero attached hydrogens (tertiary/aromatic N) is 4. The molecule has 11 heteroatoms. The molecular formula is C20H23N7O4. The number of aromatic nitrogens is 3. The number of aliphatic hydroxyl groups excluding tert-OH is 2. The summed E-state index contributed by atoms with van der Waals surface area (Å²) in [6.07, 6.45) is -1.10. The first-order valence-corrected chi connectivity index (χ1v) is 9.46. The highest BCUT2D eigenvalue weighted by Crippen LogP contribution is 2.21. The van der Waals surface area contributed by atoms with E-state index in [1.807, 2.05) is 31.2 Å². The van der Waals surface area contributed by atoms with E-state index in [4.69, 9.17) is 5.73 Å². The van der Waals surface area contributed by atoms with E-state index >= 15 is 0 Å². The molecule has 31 heavy (non-hydrogen) atoms. The van der Waals surface area contributed by atoms with Crippen molar-refractivity contribution < 1.29 is 15.1 Å². The van der Waals surface area contributed by atoms with Crippen LogP contribution in [0.25, 0.3) is 0 Å². The molecule has 6 N–H and O–H groups in total.